The summed E-state index contributed by atoms with van der Waals surface area (Å²) in [7, 11) is -3.61. The van der Waals surface area contributed by atoms with Crippen LogP contribution in [-0.2, 0) is 14.8 Å². The first-order valence-corrected chi connectivity index (χ1v) is 16.6. The minimum Gasteiger partial charge on any atom is -0.458 e. The topological polar surface area (TPSA) is 119 Å². The minimum absolute atomic E-state index is 0.131. The van der Waals surface area contributed by atoms with Crippen molar-refractivity contribution in [3.63, 3.8) is 0 Å². The quantitative estimate of drug-likeness (QED) is 0.297. The number of carbonyl (C=O) groups is 2. The van der Waals surface area contributed by atoms with Gasteiger partial charge in [0, 0.05) is 47.7 Å². The molecule has 9 nitrogen and oxygen atoms in total. The van der Waals surface area contributed by atoms with Crippen molar-refractivity contribution < 1.29 is 27.3 Å². The van der Waals surface area contributed by atoms with Crippen LogP contribution in [0.2, 0.25) is 10.0 Å². The SMILES string of the molecule is O=C(NS(=O)(=O)C1CC1)c1ccc(N2[C@@H]3CC[C@H]2C[C@H](OC(=O)c2c(-c4c(Cl)cccc4Cl)noc2C2CC2)C3)cc1. The third-order valence-electron chi connectivity index (χ3n) is 8.66. The summed E-state index contributed by atoms with van der Waals surface area (Å²) in [6.45, 7) is 0. The Hall–Kier alpha value is -3.08. The van der Waals surface area contributed by atoms with Crippen LogP contribution in [-0.4, -0.2) is 48.9 Å². The number of nitrogens with one attached hydrogen (secondary N) is 1. The number of benzene rings is 2. The second kappa shape index (κ2) is 10.6. The van der Waals surface area contributed by atoms with Crippen LogP contribution in [0.15, 0.2) is 47.0 Å². The maximum Gasteiger partial charge on any atom is 0.344 e. The zero-order chi connectivity index (χ0) is 29.2. The number of amides is 1. The van der Waals surface area contributed by atoms with Crippen molar-refractivity contribution >= 4 is 50.8 Å². The van der Waals surface area contributed by atoms with Gasteiger partial charge in [-0.1, -0.05) is 34.4 Å². The number of hydrogen-bond donors (Lipinski definition) is 1. The Bertz CT molecular complexity index is 1630. The second-order valence-corrected chi connectivity index (χ2v) is 14.4. The third kappa shape index (κ3) is 5.18. The number of halogens is 2. The predicted octanol–water partition coefficient (Wildman–Crippen LogP) is 6.10. The van der Waals surface area contributed by atoms with Crippen molar-refractivity contribution in [2.24, 2.45) is 0 Å². The molecular weight excluding hydrogens is 601 g/mol. The second-order valence-electron chi connectivity index (χ2n) is 11.7. The van der Waals surface area contributed by atoms with Crippen LogP contribution in [0.1, 0.15) is 83.8 Å². The highest BCUT2D eigenvalue weighted by Crippen LogP contribution is 2.47. The first kappa shape index (κ1) is 27.7. The number of fused-ring (bicyclic) bond motifs is 2. The summed E-state index contributed by atoms with van der Waals surface area (Å²) < 4.78 is 38.2. The van der Waals surface area contributed by atoms with E-state index in [9.17, 15) is 18.0 Å². The average Bonchev–Trinajstić information content (AvgIpc) is 3.89. The smallest absolute Gasteiger partial charge is 0.344 e. The van der Waals surface area contributed by atoms with E-state index >= 15 is 0 Å². The number of aromatic nitrogens is 1. The molecule has 4 aliphatic rings. The largest absolute Gasteiger partial charge is 0.458 e. The van der Waals surface area contributed by atoms with Crippen molar-refractivity contribution in [3.8, 4) is 11.3 Å². The molecule has 0 spiro atoms. The molecule has 1 N–H and O–H groups in total. The first-order chi connectivity index (χ1) is 20.2. The number of sulfonamides is 1. The fourth-order valence-electron chi connectivity index (χ4n) is 6.31. The lowest BCUT2D eigenvalue weighted by Gasteiger charge is -2.40. The standard InChI is InChI=1S/C30H29Cl2N3O6S/c31-23-2-1-3-24(32)25(23)27-26(28(41-33-27)16-4-5-16)30(37)40-21-14-19-10-11-20(15-21)35(19)18-8-6-17(7-9-18)29(36)34-42(38,39)22-12-13-22/h1-3,6-9,16,19-22H,4-5,10-15H2,(H,34,36)/t19-,20+,21-. The lowest BCUT2D eigenvalue weighted by molar-refractivity contribution is 0.0202. The Morgan fingerprint density at radius 3 is 2.17 bits per heavy atom. The van der Waals surface area contributed by atoms with E-state index in [1.54, 1.807) is 30.3 Å². The van der Waals surface area contributed by atoms with Gasteiger partial charge < -0.3 is 14.2 Å². The lowest BCUT2D eigenvalue weighted by atomic mass is 9.98. The van der Waals surface area contributed by atoms with Crippen molar-refractivity contribution in [3.05, 3.63) is 69.4 Å². The third-order valence-corrected chi connectivity index (χ3v) is 11.1. The van der Waals surface area contributed by atoms with Crippen LogP contribution in [0.5, 0.6) is 0 Å². The minimum atomic E-state index is -3.61. The summed E-state index contributed by atoms with van der Waals surface area (Å²) in [6.07, 6.45) is 5.99. The summed E-state index contributed by atoms with van der Waals surface area (Å²) in [5.41, 5.74) is 2.33. The molecule has 12 heteroatoms. The molecule has 220 valence electrons. The first-order valence-electron chi connectivity index (χ1n) is 14.3. The average molecular weight is 631 g/mol. The highest BCUT2D eigenvalue weighted by Gasteiger charge is 2.44. The van der Waals surface area contributed by atoms with Gasteiger partial charge in [-0.25, -0.2) is 17.9 Å². The Balaban J connectivity index is 1.06. The molecule has 1 amide bonds. The van der Waals surface area contributed by atoms with E-state index in [4.69, 9.17) is 32.5 Å². The lowest BCUT2D eigenvalue weighted by Crippen LogP contribution is -2.46. The Labute approximate surface area is 253 Å². The molecule has 7 rings (SSSR count). The van der Waals surface area contributed by atoms with E-state index in [-0.39, 0.29) is 24.1 Å². The van der Waals surface area contributed by atoms with Crippen LogP contribution in [0, 0.1) is 0 Å². The zero-order valence-corrected chi connectivity index (χ0v) is 24.9. The fraction of sp³-hybridized carbons (Fsp3) is 0.433. The van der Waals surface area contributed by atoms with Crippen LogP contribution in [0.25, 0.3) is 11.3 Å². The number of hydrogen-bond acceptors (Lipinski definition) is 8. The fourth-order valence-corrected chi connectivity index (χ4v) is 8.18. The Kier molecular flexibility index (Phi) is 6.98. The number of anilines is 1. The number of esters is 1. The molecule has 3 heterocycles. The molecule has 0 unspecified atom stereocenters. The number of ether oxygens (including phenoxy) is 1. The van der Waals surface area contributed by atoms with Crippen LogP contribution in [0.3, 0.4) is 0 Å². The van der Waals surface area contributed by atoms with Gasteiger partial charge in [-0.05, 0) is 74.9 Å². The molecule has 2 aromatic carbocycles. The number of nitrogens with zero attached hydrogens (tertiary/aromatic N) is 2. The molecule has 2 saturated carbocycles. The van der Waals surface area contributed by atoms with E-state index in [0.29, 0.717) is 63.9 Å². The molecule has 42 heavy (non-hydrogen) atoms. The Morgan fingerprint density at radius 2 is 1.57 bits per heavy atom. The van der Waals surface area contributed by atoms with E-state index < -0.39 is 27.1 Å². The monoisotopic (exact) mass is 629 g/mol. The molecule has 2 aliphatic heterocycles. The summed E-state index contributed by atoms with van der Waals surface area (Å²) in [5, 5.41) is 4.51. The van der Waals surface area contributed by atoms with Gasteiger partial charge >= 0.3 is 5.97 Å². The molecule has 2 aliphatic carbocycles. The van der Waals surface area contributed by atoms with Gasteiger partial charge in [-0.15, -0.1) is 0 Å². The van der Waals surface area contributed by atoms with E-state index in [2.05, 4.69) is 14.8 Å². The van der Waals surface area contributed by atoms with Crippen LogP contribution in [0.4, 0.5) is 5.69 Å². The van der Waals surface area contributed by atoms with Crippen molar-refractivity contribution in [1.29, 1.82) is 0 Å². The van der Waals surface area contributed by atoms with Gasteiger partial charge in [0.15, 0.2) is 5.76 Å². The maximum atomic E-state index is 13.7. The van der Waals surface area contributed by atoms with Gasteiger partial charge in [0.2, 0.25) is 10.0 Å². The normalized spacial score (nSPS) is 23.6. The number of rotatable bonds is 8. The van der Waals surface area contributed by atoms with Crippen LogP contribution >= 0.6 is 23.2 Å². The highest BCUT2D eigenvalue weighted by atomic mass is 35.5. The van der Waals surface area contributed by atoms with E-state index in [1.165, 1.54) is 0 Å². The molecular formula is C30H29Cl2N3O6S. The van der Waals surface area contributed by atoms with Gasteiger partial charge in [-0.3, -0.25) is 4.79 Å². The van der Waals surface area contributed by atoms with Crippen LogP contribution < -0.4 is 9.62 Å². The van der Waals surface area contributed by atoms with Gasteiger partial charge in [0.1, 0.15) is 17.4 Å². The molecule has 1 aromatic heterocycles. The zero-order valence-electron chi connectivity index (χ0n) is 22.6. The van der Waals surface area contributed by atoms with Crippen molar-refractivity contribution in [2.75, 3.05) is 4.90 Å². The maximum absolute atomic E-state index is 13.7. The molecule has 3 aromatic rings. The summed E-state index contributed by atoms with van der Waals surface area (Å²) in [6, 6.07) is 12.5. The molecule has 2 bridgehead atoms. The van der Waals surface area contributed by atoms with E-state index in [1.807, 2.05) is 12.1 Å². The molecule has 3 atom stereocenters. The molecule has 4 fully saturated rings. The van der Waals surface area contributed by atoms with Gasteiger partial charge in [0.05, 0.1) is 15.3 Å². The summed E-state index contributed by atoms with van der Waals surface area (Å²) in [4.78, 5) is 28.5. The highest BCUT2D eigenvalue weighted by molar-refractivity contribution is 7.91. The summed E-state index contributed by atoms with van der Waals surface area (Å²) >= 11 is 12.9. The summed E-state index contributed by atoms with van der Waals surface area (Å²) in [5.74, 6) is -0.426. The molecule has 2 saturated heterocycles. The van der Waals surface area contributed by atoms with Crippen molar-refractivity contribution in [1.82, 2.24) is 9.88 Å². The van der Waals surface area contributed by atoms with Gasteiger partial charge in [0.25, 0.3) is 5.91 Å². The number of piperidine rings is 1. The van der Waals surface area contributed by atoms with Gasteiger partial charge in [-0.2, -0.15) is 0 Å². The van der Waals surface area contributed by atoms with Crippen molar-refractivity contribution in [2.45, 2.75) is 80.7 Å². The molecule has 0 radical (unpaired) electrons. The Morgan fingerprint density at radius 1 is 0.929 bits per heavy atom. The number of carbonyl (C=O) groups excluding carboxylic acids is 2. The predicted molar refractivity (Wildman–Crippen MR) is 158 cm³/mol. The van der Waals surface area contributed by atoms with E-state index in [0.717, 1.165) is 31.4 Å².